The lowest BCUT2D eigenvalue weighted by atomic mass is 9.96. The molecule has 5 heteroatoms. The van der Waals surface area contributed by atoms with Crippen LogP contribution >= 0.6 is 0 Å². The van der Waals surface area contributed by atoms with Gasteiger partial charge in [-0.25, -0.2) is 4.68 Å². The van der Waals surface area contributed by atoms with Gasteiger partial charge >= 0.3 is 0 Å². The monoisotopic (exact) mass is 339 g/mol. The first-order valence-corrected chi connectivity index (χ1v) is 9.26. The molecule has 1 heterocycles. The fourth-order valence-electron chi connectivity index (χ4n) is 3.55. The van der Waals surface area contributed by atoms with Crippen molar-refractivity contribution in [2.45, 2.75) is 58.5 Å². The zero-order valence-electron chi connectivity index (χ0n) is 15.5. The second-order valence-electron chi connectivity index (χ2n) is 6.87. The Balaban J connectivity index is 1.69. The quantitative estimate of drug-likeness (QED) is 0.662. The maximum atomic E-state index is 4.63. The van der Waals surface area contributed by atoms with Gasteiger partial charge < -0.3 is 10.6 Å². The standard InChI is InChI=1S/C20H29N5/c1-15-13-16(2)25(24-15)19-12-8-7-9-17(19)14-22-20(21-3)23-18-10-5-4-6-11-18/h7-9,12-13,18H,4-6,10-11,14H2,1-3H3,(H2,21,22,23). The highest BCUT2D eigenvalue weighted by Gasteiger charge is 2.15. The lowest BCUT2D eigenvalue weighted by molar-refractivity contribution is 0.410. The van der Waals surface area contributed by atoms with E-state index in [2.05, 4.69) is 58.0 Å². The Hall–Kier alpha value is -2.30. The van der Waals surface area contributed by atoms with E-state index in [9.17, 15) is 0 Å². The topological polar surface area (TPSA) is 54.2 Å². The molecule has 1 aliphatic rings. The lowest BCUT2D eigenvalue weighted by Gasteiger charge is -2.25. The molecule has 1 aromatic heterocycles. The molecule has 0 radical (unpaired) electrons. The SMILES string of the molecule is CN=C(NCc1ccccc1-n1nc(C)cc1C)NC1CCCCC1. The molecule has 0 saturated heterocycles. The normalized spacial score (nSPS) is 16.0. The van der Waals surface area contributed by atoms with Crippen molar-refractivity contribution >= 4 is 5.96 Å². The van der Waals surface area contributed by atoms with Crippen molar-refractivity contribution < 1.29 is 0 Å². The number of benzene rings is 1. The number of guanidine groups is 1. The molecule has 134 valence electrons. The van der Waals surface area contributed by atoms with Gasteiger partial charge in [-0.3, -0.25) is 4.99 Å². The largest absolute Gasteiger partial charge is 0.354 e. The first-order chi connectivity index (χ1) is 12.2. The van der Waals surface area contributed by atoms with Gasteiger partial charge in [0.1, 0.15) is 0 Å². The van der Waals surface area contributed by atoms with Gasteiger partial charge in [0.05, 0.1) is 11.4 Å². The molecular formula is C20H29N5. The molecule has 5 nitrogen and oxygen atoms in total. The molecular weight excluding hydrogens is 310 g/mol. The molecule has 0 amide bonds. The van der Waals surface area contributed by atoms with Crippen LogP contribution in [0.2, 0.25) is 0 Å². The number of aromatic nitrogens is 2. The van der Waals surface area contributed by atoms with Gasteiger partial charge in [-0.1, -0.05) is 37.5 Å². The van der Waals surface area contributed by atoms with Gasteiger partial charge in [0, 0.05) is 25.3 Å². The number of hydrogen-bond donors (Lipinski definition) is 2. The van der Waals surface area contributed by atoms with Crippen LogP contribution in [0.4, 0.5) is 0 Å². The molecule has 0 unspecified atom stereocenters. The van der Waals surface area contributed by atoms with Crippen LogP contribution in [-0.4, -0.2) is 28.8 Å². The van der Waals surface area contributed by atoms with Crippen LogP contribution in [0.25, 0.3) is 5.69 Å². The smallest absolute Gasteiger partial charge is 0.191 e. The van der Waals surface area contributed by atoms with Crippen LogP contribution < -0.4 is 10.6 Å². The Morgan fingerprint density at radius 1 is 1.20 bits per heavy atom. The van der Waals surface area contributed by atoms with E-state index in [-0.39, 0.29) is 0 Å². The average Bonchev–Trinajstić information content (AvgIpc) is 2.98. The van der Waals surface area contributed by atoms with Gasteiger partial charge in [-0.15, -0.1) is 0 Å². The first-order valence-electron chi connectivity index (χ1n) is 9.26. The van der Waals surface area contributed by atoms with Crippen LogP contribution in [0.15, 0.2) is 35.3 Å². The highest BCUT2D eigenvalue weighted by molar-refractivity contribution is 5.80. The van der Waals surface area contributed by atoms with Gasteiger partial charge in [0.2, 0.25) is 0 Å². The Morgan fingerprint density at radius 3 is 2.64 bits per heavy atom. The van der Waals surface area contributed by atoms with Gasteiger partial charge in [0.25, 0.3) is 0 Å². The van der Waals surface area contributed by atoms with E-state index in [0.29, 0.717) is 6.04 Å². The second kappa shape index (κ2) is 8.19. The Kier molecular flexibility index (Phi) is 5.74. The molecule has 3 rings (SSSR count). The summed E-state index contributed by atoms with van der Waals surface area (Å²) in [7, 11) is 1.84. The Morgan fingerprint density at radius 2 is 1.96 bits per heavy atom. The minimum Gasteiger partial charge on any atom is -0.354 e. The van der Waals surface area contributed by atoms with Crippen molar-refractivity contribution in [1.82, 2.24) is 20.4 Å². The number of para-hydroxylation sites is 1. The second-order valence-corrected chi connectivity index (χ2v) is 6.87. The van der Waals surface area contributed by atoms with E-state index in [1.54, 1.807) is 0 Å². The summed E-state index contributed by atoms with van der Waals surface area (Å²) >= 11 is 0. The molecule has 0 bridgehead atoms. The van der Waals surface area contributed by atoms with Crippen LogP contribution in [-0.2, 0) is 6.54 Å². The van der Waals surface area contributed by atoms with Crippen LogP contribution in [0.1, 0.15) is 49.1 Å². The summed E-state index contributed by atoms with van der Waals surface area (Å²) in [6, 6.07) is 11.0. The molecule has 2 aromatic rings. The Labute approximate surface area is 150 Å². The fraction of sp³-hybridized carbons (Fsp3) is 0.500. The molecule has 1 fully saturated rings. The number of aliphatic imine (C=N–C) groups is 1. The van der Waals surface area contributed by atoms with E-state index >= 15 is 0 Å². The number of rotatable bonds is 4. The zero-order chi connectivity index (χ0) is 17.6. The molecule has 1 saturated carbocycles. The number of nitrogens with zero attached hydrogens (tertiary/aromatic N) is 3. The van der Waals surface area contributed by atoms with Crippen molar-refractivity contribution in [2.24, 2.45) is 4.99 Å². The number of aryl methyl sites for hydroxylation is 2. The average molecular weight is 339 g/mol. The maximum Gasteiger partial charge on any atom is 0.191 e. The first kappa shape index (κ1) is 17.5. The molecule has 25 heavy (non-hydrogen) atoms. The summed E-state index contributed by atoms with van der Waals surface area (Å²) in [5.41, 5.74) is 4.51. The highest BCUT2D eigenvalue weighted by Crippen LogP contribution is 2.18. The fourth-order valence-corrected chi connectivity index (χ4v) is 3.55. The van der Waals surface area contributed by atoms with Crippen LogP contribution in [0.3, 0.4) is 0 Å². The number of hydrogen-bond acceptors (Lipinski definition) is 2. The predicted molar refractivity (Wildman–Crippen MR) is 103 cm³/mol. The minimum absolute atomic E-state index is 0.547. The van der Waals surface area contributed by atoms with Crippen LogP contribution in [0.5, 0.6) is 0 Å². The minimum atomic E-state index is 0.547. The molecule has 2 N–H and O–H groups in total. The lowest BCUT2D eigenvalue weighted by Crippen LogP contribution is -2.43. The van der Waals surface area contributed by atoms with Crippen molar-refractivity contribution in [2.75, 3.05) is 7.05 Å². The maximum absolute atomic E-state index is 4.63. The summed E-state index contributed by atoms with van der Waals surface area (Å²) < 4.78 is 2.02. The van der Waals surface area contributed by atoms with Crippen molar-refractivity contribution in [3.8, 4) is 5.69 Å². The summed E-state index contributed by atoms with van der Waals surface area (Å²) in [6.45, 7) is 4.84. The summed E-state index contributed by atoms with van der Waals surface area (Å²) in [4.78, 5) is 4.39. The molecule has 1 aromatic carbocycles. The van der Waals surface area contributed by atoms with Crippen LogP contribution in [0, 0.1) is 13.8 Å². The van der Waals surface area contributed by atoms with E-state index < -0.39 is 0 Å². The molecule has 0 atom stereocenters. The highest BCUT2D eigenvalue weighted by atomic mass is 15.3. The summed E-state index contributed by atoms with van der Waals surface area (Å²) in [5, 5.41) is 11.7. The van der Waals surface area contributed by atoms with Gasteiger partial charge in [-0.2, -0.15) is 5.10 Å². The van der Waals surface area contributed by atoms with E-state index in [4.69, 9.17) is 0 Å². The molecule has 1 aliphatic carbocycles. The number of nitrogens with one attached hydrogen (secondary N) is 2. The van der Waals surface area contributed by atoms with Gasteiger partial charge in [-0.05, 0) is 44.4 Å². The van der Waals surface area contributed by atoms with Crippen molar-refractivity contribution in [3.05, 3.63) is 47.3 Å². The van der Waals surface area contributed by atoms with E-state index in [1.165, 1.54) is 37.7 Å². The van der Waals surface area contributed by atoms with Crippen molar-refractivity contribution in [3.63, 3.8) is 0 Å². The third-order valence-corrected chi connectivity index (χ3v) is 4.85. The third-order valence-electron chi connectivity index (χ3n) is 4.85. The summed E-state index contributed by atoms with van der Waals surface area (Å²) in [5.74, 6) is 0.884. The van der Waals surface area contributed by atoms with Gasteiger partial charge in [0.15, 0.2) is 5.96 Å². The summed E-state index contributed by atoms with van der Waals surface area (Å²) in [6.07, 6.45) is 6.47. The van der Waals surface area contributed by atoms with Crippen molar-refractivity contribution in [1.29, 1.82) is 0 Å². The third kappa shape index (κ3) is 4.41. The predicted octanol–water partition coefficient (Wildman–Crippen LogP) is 3.49. The Bertz CT molecular complexity index is 725. The molecule has 0 spiro atoms. The van der Waals surface area contributed by atoms with E-state index in [1.807, 2.05) is 18.7 Å². The zero-order valence-corrected chi connectivity index (χ0v) is 15.5. The molecule has 0 aliphatic heterocycles. The van der Waals surface area contributed by atoms with E-state index in [0.717, 1.165) is 29.6 Å².